The van der Waals surface area contributed by atoms with Crippen molar-refractivity contribution in [2.24, 2.45) is 0 Å². The fourth-order valence-corrected chi connectivity index (χ4v) is 4.12. The molecule has 2 fully saturated rings. The van der Waals surface area contributed by atoms with E-state index in [1.165, 1.54) is 12.7 Å². The number of sulfonamides is 1. The maximum Gasteiger partial charge on any atom is 0.211 e. The molecular formula is C8H15NO2S. The second kappa shape index (κ2) is 2.70. The van der Waals surface area contributed by atoms with Crippen LogP contribution in [0.4, 0.5) is 0 Å². The van der Waals surface area contributed by atoms with Crippen molar-refractivity contribution in [2.45, 2.75) is 44.2 Å². The van der Waals surface area contributed by atoms with E-state index in [0.29, 0.717) is 12.1 Å². The third-order valence-electron chi connectivity index (χ3n) is 3.01. The van der Waals surface area contributed by atoms with Crippen LogP contribution in [0.2, 0.25) is 0 Å². The third kappa shape index (κ3) is 1.27. The van der Waals surface area contributed by atoms with Gasteiger partial charge in [0.1, 0.15) is 0 Å². The van der Waals surface area contributed by atoms with E-state index in [1.807, 2.05) is 0 Å². The van der Waals surface area contributed by atoms with E-state index in [-0.39, 0.29) is 0 Å². The number of fused-ring (bicyclic) bond motifs is 2. The lowest BCUT2D eigenvalue weighted by Gasteiger charge is -2.32. The highest BCUT2D eigenvalue weighted by atomic mass is 32.2. The van der Waals surface area contributed by atoms with Crippen LogP contribution in [0.15, 0.2) is 0 Å². The zero-order chi connectivity index (χ0) is 8.77. The molecule has 2 rings (SSSR count). The lowest BCUT2D eigenvalue weighted by molar-refractivity contribution is 0.249. The van der Waals surface area contributed by atoms with Crippen LogP contribution < -0.4 is 0 Å². The summed E-state index contributed by atoms with van der Waals surface area (Å²) in [6.45, 7) is 0. The Morgan fingerprint density at radius 2 is 1.58 bits per heavy atom. The molecule has 70 valence electrons. The minimum absolute atomic E-state index is 0.332. The van der Waals surface area contributed by atoms with Gasteiger partial charge < -0.3 is 0 Å². The summed E-state index contributed by atoms with van der Waals surface area (Å²) < 4.78 is 24.5. The number of rotatable bonds is 1. The van der Waals surface area contributed by atoms with Gasteiger partial charge in [-0.2, -0.15) is 4.31 Å². The summed E-state index contributed by atoms with van der Waals surface area (Å²) in [5, 5.41) is 0. The second-order valence-corrected chi connectivity index (χ2v) is 5.80. The molecule has 1 unspecified atom stereocenters. The van der Waals surface area contributed by atoms with Gasteiger partial charge in [-0.1, -0.05) is 6.42 Å². The summed E-state index contributed by atoms with van der Waals surface area (Å²) in [6, 6.07) is 0.664. The fraction of sp³-hybridized carbons (Fsp3) is 1.00. The standard InChI is InChI=1S/C8H15NO2S/c1-12(10,11)9-7-3-2-4-8(9)6-5-7/h7-8H,2-6H2,1H3/t7-,8?/m1/s1. The molecule has 0 amide bonds. The quantitative estimate of drug-likeness (QED) is 0.616. The summed E-state index contributed by atoms with van der Waals surface area (Å²) in [5.74, 6) is 0. The molecule has 0 aromatic rings. The van der Waals surface area contributed by atoms with E-state index in [9.17, 15) is 8.42 Å². The molecule has 2 saturated heterocycles. The highest BCUT2D eigenvalue weighted by Gasteiger charge is 2.41. The van der Waals surface area contributed by atoms with Crippen LogP contribution in [0.25, 0.3) is 0 Å². The van der Waals surface area contributed by atoms with Gasteiger partial charge in [0, 0.05) is 12.1 Å². The Balaban J connectivity index is 2.27. The molecule has 2 aliphatic rings. The summed E-state index contributed by atoms with van der Waals surface area (Å²) in [4.78, 5) is 0. The van der Waals surface area contributed by atoms with Crippen LogP contribution in [-0.2, 0) is 10.0 Å². The van der Waals surface area contributed by atoms with E-state index in [4.69, 9.17) is 0 Å². The van der Waals surface area contributed by atoms with Crippen LogP contribution in [-0.4, -0.2) is 31.1 Å². The number of piperidine rings is 1. The number of nitrogens with zero attached hydrogens (tertiary/aromatic N) is 1. The predicted octanol–water partition coefficient (Wildman–Crippen LogP) is 0.963. The zero-order valence-corrected chi connectivity index (χ0v) is 8.18. The molecule has 0 saturated carbocycles. The molecule has 2 heterocycles. The van der Waals surface area contributed by atoms with Crippen molar-refractivity contribution in [2.75, 3.05) is 6.26 Å². The molecular weight excluding hydrogens is 174 g/mol. The van der Waals surface area contributed by atoms with E-state index in [0.717, 1.165) is 25.7 Å². The van der Waals surface area contributed by atoms with Crippen molar-refractivity contribution in [1.82, 2.24) is 4.31 Å². The van der Waals surface area contributed by atoms with E-state index in [1.54, 1.807) is 4.31 Å². The molecule has 0 aromatic carbocycles. The number of hydrogen-bond donors (Lipinski definition) is 0. The molecule has 0 aliphatic carbocycles. The average Bonchev–Trinajstić information content (AvgIpc) is 2.23. The molecule has 0 N–H and O–H groups in total. The Bertz CT molecular complexity index is 257. The molecule has 2 bridgehead atoms. The Labute approximate surface area is 73.8 Å². The monoisotopic (exact) mass is 189 g/mol. The molecule has 2 atom stereocenters. The van der Waals surface area contributed by atoms with Crippen LogP contribution in [0.1, 0.15) is 32.1 Å². The van der Waals surface area contributed by atoms with Crippen LogP contribution in [0.5, 0.6) is 0 Å². The van der Waals surface area contributed by atoms with Crippen molar-refractivity contribution in [1.29, 1.82) is 0 Å². The molecule has 2 aliphatic heterocycles. The zero-order valence-electron chi connectivity index (χ0n) is 7.36. The summed E-state index contributed by atoms with van der Waals surface area (Å²) >= 11 is 0. The first-order valence-corrected chi connectivity index (χ1v) is 6.42. The van der Waals surface area contributed by atoms with Crippen molar-refractivity contribution in [3.8, 4) is 0 Å². The van der Waals surface area contributed by atoms with Gasteiger partial charge in [-0.05, 0) is 25.7 Å². The van der Waals surface area contributed by atoms with Gasteiger partial charge in [-0.3, -0.25) is 0 Å². The molecule has 4 heteroatoms. The largest absolute Gasteiger partial charge is 0.212 e. The van der Waals surface area contributed by atoms with Gasteiger partial charge in [-0.25, -0.2) is 8.42 Å². The van der Waals surface area contributed by atoms with Crippen molar-refractivity contribution < 1.29 is 8.42 Å². The van der Waals surface area contributed by atoms with Crippen molar-refractivity contribution in [3.63, 3.8) is 0 Å². The lowest BCUT2D eigenvalue weighted by Crippen LogP contribution is -2.43. The second-order valence-electron chi connectivity index (χ2n) is 3.91. The van der Waals surface area contributed by atoms with Gasteiger partial charge in [0.25, 0.3) is 0 Å². The normalized spacial score (nSPS) is 37.1. The van der Waals surface area contributed by atoms with E-state index < -0.39 is 10.0 Å². The van der Waals surface area contributed by atoms with Crippen molar-refractivity contribution in [3.05, 3.63) is 0 Å². The van der Waals surface area contributed by atoms with Crippen molar-refractivity contribution >= 4 is 10.0 Å². The summed E-state index contributed by atoms with van der Waals surface area (Å²) in [7, 11) is -2.93. The van der Waals surface area contributed by atoms with E-state index in [2.05, 4.69) is 0 Å². The summed E-state index contributed by atoms with van der Waals surface area (Å²) in [6.07, 6.45) is 6.85. The van der Waals surface area contributed by atoms with Gasteiger partial charge in [0.15, 0.2) is 0 Å². The van der Waals surface area contributed by atoms with Crippen LogP contribution in [0.3, 0.4) is 0 Å². The van der Waals surface area contributed by atoms with E-state index >= 15 is 0 Å². The average molecular weight is 189 g/mol. The van der Waals surface area contributed by atoms with Gasteiger partial charge in [0.2, 0.25) is 10.0 Å². The summed E-state index contributed by atoms with van der Waals surface area (Å²) in [5.41, 5.74) is 0. The minimum Gasteiger partial charge on any atom is -0.212 e. The SMILES string of the molecule is CS(=O)(=O)N1C2CCC[C@@H]1CC2. The molecule has 0 spiro atoms. The smallest absolute Gasteiger partial charge is 0.211 e. The lowest BCUT2D eigenvalue weighted by atomic mass is 10.1. The molecule has 3 nitrogen and oxygen atoms in total. The van der Waals surface area contributed by atoms with Gasteiger partial charge >= 0.3 is 0 Å². The van der Waals surface area contributed by atoms with Crippen LogP contribution >= 0.6 is 0 Å². The predicted molar refractivity (Wildman–Crippen MR) is 47.3 cm³/mol. The fourth-order valence-electron chi connectivity index (χ4n) is 2.61. The molecule has 0 radical (unpaired) electrons. The first-order valence-electron chi connectivity index (χ1n) is 4.57. The Hall–Kier alpha value is -0.0900. The third-order valence-corrected chi connectivity index (χ3v) is 4.37. The first kappa shape index (κ1) is 8.51. The van der Waals surface area contributed by atoms with Crippen LogP contribution in [0, 0.1) is 0 Å². The maximum absolute atomic E-state index is 11.4. The molecule has 12 heavy (non-hydrogen) atoms. The minimum atomic E-state index is -2.93. The first-order chi connectivity index (χ1) is 5.59. The highest BCUT2D eigenvalue weighted by molar-refractivity contribution is 7.88. The molecule has 0 aromatic heterocycles. The number of hydrogen-bond acceptors (Lipinski definition) is 2. The van der Waals surface area contributed by atoms with Gasteiger partial charge in [0.05, 0.1) is 6.26 Å². The highest BCUT2D eigenvalue weighted by Crippen LogP contribution is 2.36. The topological polar surface area (TPSA) is 37.4 Å². The maximum atomic E-state index is 11.4. The Morgan fingerprint density at radius 1 is 1.08 bits per heavy atom. The Morgan fingerprint density at radius 3 is 1.92 bits per heavy atom. The van der Waals surface area contributed by atoms with Gasteiger partial charge in [-0.15, -0.1) is 0 Å². The Kier molecular flexibility index (Phi) is 1.92.